The van der Waals surface area contributed by atoms with Crippen LogP contribution in [0.2, 0.25) is 0 Å². The van der Waals surface area contributed by atoms with Gasteiger partial charge in [0.05, 0.1) is 33.1 Å². The van der Waals surface area contributed by atoms with Crippen LogP contribution in [0.1, 0.15) is 27.8 Å². The lowest BCUT2D eigenvalue weighted by molar-refractivity contribution is -0.00198. The van der Waals surface area contributed by atoms with Crippen molar-refractivity contribution in [2.45, 2.75) is 19.3 Å². The molecule has 0 spiro atoms. The van der Waals surface area contributed by atoms with Crippen LogP contribution in [0.25, 0.3) is 0 Å². The Bertz CT molecular complexity index is 1120. The van der Waals surface area contributed by atoms with Crippen molar-refractivity contribution < 1.29 is 19.0 Å². The number of anilines is 1. The van der Waals surface area contributed by atoms with Crippen LogP contribution in [0.5, 0.6) is 11.5 Å². The monoisotopic (exact) mass is 449 g/mol. The first-order chi connectivity index (χ1) is 16.2. The number of piperazine rings is 1. The van der Waals surface area contributed by atoms with Gasteiger partial charge in [0.25, 0.3) is 5.91 Å². The van der Waals surface area contributed by atoms with Gasteiger partial charge in [0.2, 0.25) is 0 Å². The van der Waals surface area contributed by atoms with E-state index >= 15 is 0 Å². The van der Waals surface area contributed by atoms with Crippen LogP contribution in [-0.4, -0.2) is 66.2 Å². The molecule has 3 heterocycles. The highest BCUT2D eigenvalue weighted by Gasteiger charge is 2.31. The standard InChI is InChI=1S/C24H27N5O4/c1-31-19-8-6-17(7-9-19)22-15-29-21(16-33-22)23(25-26-29)24(30)28-12-10-27(11-13-28)18-4-3-5-20(14-18)32-2/h3-9,14,22H,10-13,15-16H2,1-2H3/t22-/m1/s1. The summed E-state index contributed by atoms with van der Waals surface area (Å²) >= 11 is 0. The second kappa shape index (κ2) is 9.11. The largest absolute Gasteiger partial charge is 0.497 e. The van der Waals surface area contributed by atoms with Gasteiger partial charge in [-0.1, -0.05) is 23.4 Å². The van der Waals surface area contributed by atoms with E-state index in [1.807, 2.05) is 47.4 Å². The first-order valence-electron chi connectivity index (χ1n) is 11.0. The average Bonchev–Trinajstić information content (AvgIpc) is 3.32. The number of ether oxygens (including phenoxy) is 3. The highest BCUT2D eigenvalue weighted by molar-refractivity contribution is 5.93. The van der Waals surface area contributed by atoms with E-state index in [0.29, 0.717) is 31.9 Å². The fraction of sp³-hybridized carbons (Fsp3) is 0.375. The van der Waals surface area contributed by atoms with Gasteiger partial charge < -0.3 is 24.0 Å². The molecule has 1 amide bonds. The Hall–Kier alpha value is -3.59. The van der Waals surface area contributed by atoms with Crippen molar-refractivity contribution in [1.29, 1.82) is 0 Å². The van der Waals surface area contributed by atoms with E-state index in [0.717, 1.165) is 41.5 Å². The zero-order valence-corrected chi connectivity index (χ0v) is 18.8. The number of aromatic nitrogens is 3. The number of fused-ring (bicyclic) bond motifs is 1. The lowest BCUT2D eigenvalue weighted by atomic mass is 10.1. The maximum Gasteiger partial charge on any atom is 0.276 e. The van der Waals surface area contributed by atoms with E-state index in [1.165, 1.54) is 0 Å². The molecule has 5 rings (SSSR count). The van der Waals surface area contributed by atoms with E-state index in [9.17, 15) is 4.79 Å². The van der Waals surface area contributed by atoms with Crippen molar-refractivity contribution in [2.75, 3.05) is 45.3 Å². The number of hydrogen-bond donors (Lipinski definition) is 0. The van der Waals surface area contributed by atoms with Gasteiger partial charge in [-0.15, -0.1) is 5.10 Å². The first-order valence-corrected chi connectivity index (χ1v) is 11.0. The third-order valence-electron chi connectivity index (χ3n) is 6.27. The number of nitrogens with zero attached hydrogens (tertiary/aromatic N) is 5. The molecule has 1 atom stereocenters. The maximum atomic E-state index is 13.2. The molecule has 0 aliphatic carbocycles. The van der Waals surface area contributed by atoms with Crippen LogP contribution < -0.4 is 14.4 Å². The number of hydrogen-bond acceptors (Lipinski definition) is 7. The van der Waals surface area contributed by atoms with Crippen molar-refractivity contribution in [3.05, 3.63) is 65.5 Å². The summed E-state index contributed by atoms with van der Waals surface area (Å²) in [5.74, 6) is 1.54. The number of carbonyl (C=O) groups excluding carboxylic acids is 1. The number of methoxy groups -OCH3 is 2. The lowest BCUT2D eigenvalue weighted by Crippen LogP contribution is -2.49. The summed E-state index contributed by atoms with van der Waals surface area (Å²) in [6.07, 6.45) is -0.139. The summed E-state index contributed by atoms with van der Waals surface area (Å²) in [6, 6.07) is 15.8. The van der Waals surface area contributed by atoms with Crippen molar-refractivity contribution in [3.63, 3.8) is 0 Å². The van der Waals surface area contributed by atoms with Gasteiger partial charge in [-0.2, -0.15) is 0 Å². The summed E-state index contributed by atoms with van der Waals surface area (Å²) in [7, 11) is 3.31. The Morgan fingerprint density at radius 3 is 2.48 bits per heavy atom. The number of rotatable bonds is 5. The van der Waals surface area contributed by atoms with Crippen molar-refractivity contribution in [2.24, 2.45) is 0 Å². The Morgan fingerprint density at radius 2 is 1.76 bits per heavy atom. The van der Waals surface area contributed by atoms with E-state index in [-0.39, 0.29) is 12.0 Å². The fourth-order valence-electron chi connectivity index (χ4n) is 4.32. The molecule has 9 nitrogen and oxygen atoms in total. The highest BCUT2D eigenvalue weighted by atomic mass is 16.5. The topological polar surface area (TPSA) is 82.0 Å². The quantitative estimate of drug-likeness (QED) is 0.592. The minimum absolute atomic E-state index is 0.0898. The SMILES string of the molecule is COc1ccc([C@H]2Cn3nnc(C(=O)N4CCN(c5cccc(OC)c5)CC4)c3CO2)cc1. The Labute approximate surface area is 192 Å². The second-order valence-electron chi connectivity index (χ2n) is 8.12. The fourth-order valence-corrected chi connectivity index (χ4v) is 4.32. The molecule has 0 bridgehead atoms. The van der Waals surface area contributed by atoms with Crippen molar-refractivity contribution >= 4 is 11.6 Å². The number of carbonyl (C=O) groups is 1. The van der Waals surface area contributed by atoms with Gasteiger partial charge in [0.15, 0.2) is 5.69 Å². The minimum atomic E-state index is -0.139. The third-order valence-corrected chi connectivity index (χ3v) is 6.27. The van der Waals surface area contributed by atoms with Crippen molar-refractivity contribution in [1.82, 2.24) is 19.9 Å². The van der Waals surface area contributed by atoms with E-state index in [1.54, 1.807) is 18.9 Å². The van der Waals surface area contributed by atoms with Gasteiger partial charge in [-0.05, 0) is 29.8 Å². The second-order valence-corrected chi connectivity index (χ2v) is 8.12. The third kappa shape index (κ3) is 4.23. The Kier molecular flexibility index (Phi) is 5.87. The molecule has 33 heavy (non-hydrogen) atoms. The van der Waals surface area contributed by atoms with Gasteiger partial charge in [-0.25, -0.2) is 4.68 Å². The van der Waals surface area contributed by atoms with Crippen LogP contribution in [0.4, 0.5) is 5.69 Å². The van der Waals surface area contributed by atoms with Crippen LogP contribution in [0.3, 0.4) is 0 Å². The summed E-state index contributed by atoms with van der Waals surface area (Å²) < 4.78 is 18.4. The van der Waals surface area contributed by atoms with Gasteiger partial charge in [-0.3, -0.25) is 4.79 Å². The zero-order chi connectivity index (χ0) is 22.8. The number of benzene rings is 2. The summed E-state index contributed by atoms with van der Waals surface area (Å²) in [5, 5.41) is 8.47. The molecule has 0 saturated carbocycles. The van der Waals surface area contributed by atoms with Gasteiger partial charge in [0.1, 0.15) is 17.6 Å². The van der Waals surface area contributed by atoms with Crippen LogP contribution in [0.15, 0.2) is 48.5 Å². The van der Waals surface area contributed by atoms with E-state index < -0.39 is 0 Å². The van der Waals surface area contributed by atoms with Crippen LogP contribution in [-0.2, 0) is 17.9 Å². The van der Waals surface area contributed by atoms with Gasteiger partial charge in [0, 0.05) is 37.9 Å². The molecular weight excluding hydrogens is 422 g/mol. The minimum Gasteiger partial charge on any atom is -0.497 e. The lowest BCUT2D eigenvalue weighted by Gasteiger charge is -2.36. The molecule has 1 aromatic heterocycles. The smallest absolute Gasteiger partial charge is 0.276 e. The summed E-state index contributed by atoms with van der Waals surface area (Å²) in [5.41, 5.74) is 3.26. The molecule has 3 aromatic rings. The molecular formula is C24H27N5O4. The molecule has 1 fully saturated rings. The van der Waals surface area contributed by atoms with Gasteiger partial charge >= 0.3 is 0 Å². The van der Waals surface area contributed by atoms with Crippen LogP contribution in [0, 0.1) is 0 Å². The predicted molar refractivity (Wildman–Crippen MR) is 122 cm³/mol. The zero-order valence-electron chi connectivity index (χ0n) is 18.8. The first kappa shape index (κ1) is 21.3. The molecule has 2 aliphatic rings. The van der Waals surface area contributed by atoms with E-state index in [2.05, 4.69) is 21.3 Å². The van der Waals surface area contributed by atoms with E-state index in [4.69, 9.17) is 14.2 Å². The molecule has 9 heteroatoms. The summed E-state index contributed by atoms with van der Waals surface area (Å²) in [6.45, 7) is 3.56. The molecule has 0 N–H and O–H groups in total. The maximum absolute atomic E-state index is 13.2. The Balaban J connectivity index is 1.23. The Morgan fingerprint density at radius 1 is 1.00 bits per heavy atom. The molecule has 1 saturated heterocycles. The molecule has 0 unspecified atom stereocenters. The number of amides is 1. The van der Waals surface area contributed by atoms with Crippen molar-refractivity contribution in [3.8, 4) is 11.5 Å². The molecule has 172 valence electrons. The molecule has 2 aromatic carbocycles. The molecule has 2 aliphatic heterocycles. The molecule has 0 radical (unpaired) electrons. The normalized spacial score (nSPS) is 18.1. The average molecular weight is 450 g/mol. The highest BCUT2D eigenvalue weighted by Crippen LogP contribution is 2.29. The summed E-state index contributed by atoms with van der Waals surface area (Å²) in [4.78, 5) is 17.3. The van der Waals surface area contributed by atoms with Crippen LogP contribution >= 0.6 is 0 Å². The predicted octanol–water partition coefficient (Wildman–Crippen LogP) is 2.53.